The number of rotatable bonds is 9. The highest BCUT2D eigenvalue weighted by atomic mass is 32.2. The van der Waals surface area contributed by atoms with Gasteiger partial charge in [-0.05, 0) is 38.8 Å². The Morgan fingerprint density at radius 2 is 1.65 bits per heavy atom. The summed E-state index contributed by atoms with van der Waals surface area (Å²) in [6, 6.07) is 6.54. The van der Waals surface area contributed by atoms with E-state index in [1.54, 1.807) is 25.3 Å². The number of nitrogens with zero attached hydrogens (tertiary/aromatic N) is 1. The van der Waals surface area contributed by atoms with E-state index in [4.69, 9.17) is 4.18 Å². The second-order valence-electron chi connectivity index (χ2n) is 6.27. The van der Waals surface area contributed by atoms with Gasteiger partial charge in [-0.1, -0.05) is 30.5 Å². The molecule has 0 unspecified atom stereocenters. The van der Waals surface area contributed by atoms with Gasteiger partial charge in [0.1, 0.15) is 0 Å². The maximum atomic E-state index is 12.0. The number of unbranched alkanes of at least 4 members (excludes halogenated alkanes) is 3. The number of hydrogen-bond acceptors (Lipinski definition) is 5. The minimum absolute atomic E-state index is 0.133. The van der Waals surface area contributed by atoms with Crippen molar-refractivity contribution in [2.45, 2.75) is 51.0 Å². The van der Waals surface area contributed by atoms with Crippen molar-refractivity contribution in [1.82, 2.24) is 9.55 Å². The van der Waals surface area contributed by atoms with Crippen LogP contribution in [0.3, 0.4) is 0 Å². The SMILES string of the molecule is Cc1ccc(S(=O)(=O)OCCCCCCn2cc(C)c(=O)[nH]c2=O)cc1. The highest BCUT2D eigenvalue weighted by Gasteiger charge is 2.14. The summed E-state index contributed by atoms with van der Waals surface area (Å²) in [7, 11) is -3.71. The number of nitrogens with one attached hydrogen (secondary N) is 1. The first-order valence-corrected chi connectivity index (χ1v) is 9.97. The van der Waals surface area contributed by atoms with Gasteiger partial charge < -0.3 is 4.57 Å². The van der Waals surface area contributed by atoms with Crippen molar-refractivity contribution in [3.05, 3.63) is 62.4 Å². The molecule has 1 aromatic heterocycles. The van der Waals surface area contributed by atoms with Crippen molar-refractivity contribution in [1.29, 1.82) is 0 Å². The molecular weight excluding hydrogens is 356 g/mol. The van der Waals surface area contributed by atoms with Crippen molar-refractivity contribution in [3.63, 3.8) is 0 Å². The molecule has 0 saturated carbocycles. The summed E-state index contributed by atoms with van der Waals surface area (Å²) in [5.41, 5.74) is 0.714. The van der Waals surface area contributed by atoms with Gasteiger partial charge in [-0.25, -0.2) is 4.79 Å². The summed E-state index contributed by atoms with van der Waals surface area (Å²) in [5, 5.41) is 0. The molecular formula is C18H24N2O5S. The molecule has 142 valence electrons. The van der Waals surface area contributed by atoms with Crippen molar-refractivity contribution in [2.75, 3.05) is 6.61 Å². The fourth-order valence-electron chi connectivity index (χ4n) is 2.46. The molecule has 0 spiro atoms. The van der Waals surface area contributed by atoms with Gasteiger partial charge in [0.05, 0.1) is 11.5 Å². The summed E-state index contributed by atoms with van der Waals surface area (Å²) >= 11 is 0. The fraction of sp³-hybridized carbons (Fsp3) is 0.444. The maximum Gasteiger partial charge on any atom is 0.328 e. The monoisotopic (exact) mass is 380 g/mol. The first-order valence-electron chi connectivity index (χ1n) is 8.56. The van der Waals surface area contributed by atoms with E-state index in [9.17, 15) is 18.0 Å². The quantitative estimate of drug-likeness (QED) is 0.531. The van der Waals surface area contributed by atoms with E-state index < -0.39 is 15.8 Å². The van der Waals surface area contributed by atoms with E-state index in [1.807, 2.05) is 6.92 Å². The Morgan fingerprint density at radius 3 is 2.35 bits per heavy atom. The van der Waals surface area contributed by atoms with E-state index >= 15 is 0 Å². The molecule has 0 saturated heterocycles. The van der Waals surface area contributed by atoms with Crippen molar-refractivity contribution >= 4 is 10.1 Å². The number of H-pyrrole nitrogens is 1. The third kappa shape index (κ3) is 5.67. The molecule has 2 rings (SSSR count). The Morgan fingerprint density at radius 1 is 1.00 bits per heavy atom. The smallest absolute Gasteiger partial charge is 0.300 e. The lowest BCUT2D eigenvalue weighted by molar-refractivity contribution is 0.306. The van der Waals surface area contributed by atoms with Gasteiger partial charge >= 0.3 is 5.69 Å². The van der Waals surface area contributed by atoms with Crippen LogP contribution in [0.15, 0.2) is 44.9 Å². The molecule has 0 fully saturated rings. The molecule has 0 bridgehead atoms. The van der Waals surface area contributed by atoms with Gasteiger partial charge in [-0.3, -0.25) is 14.0 Å². The van der Waals surface area contributed by atoms with E-state index in [2.05, 4.69) is 4.98 Å². The Hall–Kier alpha value is -2.19. The standard InChI is InChI=1S/C18H24N2O5S/c1-14-7-9-16(10-8-14)26(23,24)25-12-6-4-3-5-11-20-13-15(2)17(21)19-18(20)22/h7-10,13H,3-6,11-12H2,1-2H3,(H,19,21,22). The highest BCUT2D eigenvalue weighted by molar-refractivity contribution is 7.86. The van der Waals surface area contributed by atoms with Crippen LogP contribution < -0.4 is 11.2 Å². The second kappa shape index (κ2) is 8.95. The van der Waals surface area contributed by atoms with E-state index in [-0.39, 0.29) is 17.1 Å². The van der Waals surface area contributed by atoms with E-state index in [0.29, 0.717) is 18.5 Å². The van der Waals surface area contributed by atoms with Crippen LogP contribution in [-0.4, -0.2) is 24.6 Å². The minimum Gasteiger partial charge on any atom is -0.300 e. The number of aromatic amines is 1. The second-order valence-corrected chi connectivity index (χ2v) is 7.88. The Kier molecular flexibility index (Phi) is 6.93. The Bertz CT molecular complexity index is 943. The van der Waals surface area contributed by atoms with Gasteiger partial charge in [-0.15, -0.1) is 0 Å². The van der Waals surface area contributed by atoms with Crippen LogP contribution in [0.25, 0.3) is 0 Å². The van der Waals surface area contributed by atoms with Crippen LogP contribution in [0.5, 0.6) is 0 Å². The molecule has 26 heavy (non-hydrogen) atoms. The molecule has 0 aliphatic rings. The molecule has 0 aliphatic carbocycles. The van der Waals surface area contributed by atoms with Crippen molar-refractivity contribution < 1.29 is 12.6 Å². The van der Waals surface area contributed by atoms with Gasteiger partial charge in [0.25, 0.3) is 15.7 Å². The average Bonchev–Trinajstić information content (AvgIpc) is 2.58. The zero-order valence-corrected chi connectivity index (χ0v) is 15.8. The molecule has 0 amide bonds. The molecule has 0 radical (unpaired) electrons. The van der Waals surface area contributed by atoms with E-state index in [0.717, 1.165) is 24.8 Å². The predicted molar refractivity (Wildman–Crippen MR) is 98.8 cm³/mol. The predicted octanol–water partition coefficient (Wildman–Crippen LogP) is 2.12. The number of aryl methyl sites for hydroxylation is 3. The van der Waals surface area contributed by atoms with Gasteiger partial charge in [-0.2, -0.15) is 8.42 Å². The average molecular weight is 380 g/mol. The lowest BCUT2D eigenvalue weighted by Crippen LogP contribution is -2.30. The normalized spacial score (nSPS) is 11.6. The minimum atomic E-state index is -3.71. The van der Waals surface area contributed by atoms with Crippen LogP contribution in [0, 0.1) is 13.8 Å². The molecule has 1 N–H and O–H groups in total. The molecule has 0 atom stereocenters. The van der Waals surface area contributed by atoms with Crippen LogP contribution >= 0.6 is 0 Å². The van der Waals surface area contributed by atoms with E-state index in [1.165, 1.54) is 16.7 Å². The largest absolute Gasteiger partial charge is 0.328 e. The molecule has 2 aromatic rings. The topological polar surface area (TPSA) is 98.2 Å². The zero-order chi connectivity index (χ0) is 19.2. The first-order chi connectivity index (χ1) is 12.3. The molecule has 1 aromatic carbocycles. The zero-order valence-electron chi connectivity index (χ0n) is 15.0. The van der Waals surface area contributed by atoms with Crippen molar-refractivity contribution in [2.24, 2.45) is 0 Å². The summed E-state index contributed by atoms with van der Waals surface area (Å²) < 4.78 is 30.6. The summed E-state index contributed by atoms with van der Waals surface area (Å²) in [5.74, 6) is 0. The number of hydrogen-bond donors (Lipinski definition) is 1. The van der Waals surface area contributed by atoms with Gasteiger partial charge in [0.15, 0.2) is 0 Å². The van der Waals surface area contributed by atoms with Gasteiger partial charge in [0, 0.05) is 18.3 Å². The molecule has 7 nitrogen and oxygen atoms in total. The highest BCUT2D eigenvalue weighted by Crippen LogP contribution is 2.14. The Balaban J connectivity index is 1.70. The lowest BCUT2D eigenvalue weighted by atomic mass is 10.2. The molecule has 8 heteroatoms. The Labute approximate surface area is 152 Å². The molecule has 1 heterocycles. The summed E-state index contributed by atoms with van der Waals surface area (Å²) in [6.07, 6.45) is 4.55. The van der Waals surface area contributed by atoms with Crippen molar-refractivity contribution in [3.8, 4) is 0 Å². The lowest BCUT2D eigenvalue weighted by Gasteiger charge is -2.07. The molecule has 0 aliphatic heterocycles. The third-order valence-corrected chi connectivity index (χ3v) is 5.36. The van der Waals surface area contributed by atoms with Crippen LogP contribution in [0.2, 0.25) is 0 Å². The van der Waals surface area contributed by atoms with Crippen LogP contribution in [-0.2, 0) is 20.8 Å². The number of aromatic nitrogens is 2. The van der Waals surface area contributed by atoms with Crippen LogP contribution in [0.1, 0.15) is 36.8 Å². The number of benzene rings is 1. The fourth-order valence-corrected chi connectivity index (χ4v) is 3.41. The summed E-state index contributed by atoms with van der Waals surface area (Å²) in [6.45, 7) is 4.19. The first kappa shape index (κ1) is 20.1. The maximum absolute atomic E-state index is 12.0. The summed E-state index contributed by atoms with van der Waals surface area (Å²) in [4.78, 5) is 25.4. The third-order valence-electron chi connectivity index (χ3n) is 4.03. The van der Waals surface area contributed by atoms with Crippen LogP contribution in [0.4, 0.5) is 0 Å². The van der Waals surface area contributed by atoms with Gasteiger partial charge in [0.2, 0.25) is 0 Å².